The quantitative estimate of drug-likeness (QED) is 0.790. The first-order chi connectivity index (χ1) is 10.6. The van der Waals surface area contributed by atoms with Crippen LogP contribution in [0.1, 0.15) is 27.7 Å². The van der Waals surface area contributed by atoms with E-state index in [2.05, 4.69) is 42.4 Å². The number of pyridine rings is 1. The first-order valence-corrected chi connectivity index (χ1v) is 8.19. The van der Waals surface area contributed by atoms with Crippen LogP contribution in [0.25, 0.3) is 11.3 Å². The molecule has 3 rings (SSSR count). The molecule has 0 radical (unpaired) electrons. The number of hydrogen-bond acceptors (Lipinski definition) is 4. The molecule has 0 spiro atoms. The molecule has 3 nitrogen and oxygen atoms in total. The maximum Gasteiger partial charge on any atom is 0.0951 e. The highest BCUT2D eigenvalue weighted by Gasteiger charge is 2.13. The lowest BCUT2D eigenvalue weighted by atomic mass is 9.98. The summed E-state index contributed by atoms with van der Waals surface area (Å²) in [4.78, 5) is 8.74. The fourth-order valence-electron chi connectivity index (χ4n) is 2.60. The highest BCUT2D eigenvalue weighted by atomic mass is 32.1. The summed E-state index contributed by atoms with van der Waals surface area (Å²) in [6.45, 7) is 4.22. The molecule has 0 aliphatic heterocycles. The summed E-state index contributed by atoms with van der Waals surface area (Å²) in [6, 6.07) is 10.4. The normalized spacial score (nSPS) is 12.3. The zero-order chi connectivity index (χ0) is 15.5. The largest absolute Gasteiger partial charge is 0.324 e. The SMILES string of the molecule is Cc1ccc(C(N)Cc2nc(-c3ccncc3)cs2)c(C)c1. The highest BCUT2D eigenvalue weighted by molar-refractivity contribution is 7.09. The van der Waals surface area contributed by atoms with E-state index in [0.717, 1.165) is 22.7 Å². The van der Waals surface area contributed by atoms with Gasteiger partial charge in [0, 0.05) is 35.8 Å². The summed E-state index contributed by atoms with van der Waals surface area (Å²) >= 11 is 1.66. The molecular weight excluding hydrogens is 290 g/mol. The van der Waals surface area contributed by atoms with E-state index >= 15 is 0 Å². The molecular formula is C18H19N3S. The molecule has 1 atom stereocenters. The lowest BCUT2D eigenvalue weighted by Gasteiger charge is -2.14. The van der Waals surface area contributed by atoms with Gasteiger partial charge in [-0.25, -0.2) is 4.98 Å². The Morgan fingerprint density at radius 3 is 2.64 bits per heavy atom. The number of thiazole rings is 1. The van der Waals surface area contributed by atoms with Crippen molar-refractivity contribution in [1.29, 1.82) is 0 Å². The van der Waals surface area contributed by atoms with Gasteiger partial charge in [-0.1, -0.05) is 23.8 Å². The van der Waals surface area contributed by atoms with Crippen LogP contribution in [-0.4, -0.2) is 9.97 Å². The van der Waals surface area contributed by atoms with Crippen molar-refractivity contribution in [3.05, 3.63) is 69.8 Å². The van der Waals surface area contributed by atoms with Crippen molar-refractivity contribution in [2.45, 2.75) is 26.3 Å². The Balaban J connectivity index is 1.77. The molecule has 112 valence electrons. The van der Waals surface area contributed by atoms with Gasteiger partial charge in [0.1, 0.15) is 0 Å². The number of aromatic nitrogens is 2. The number of hydrogen-bond donors (Lipinski definition) is 1. The van der Waals surface area contributed by atoms with Gasteiger partial charge in [0.15, 0.2) is 0 Å². The third-order valence-electron chi connectivity index (χ3n) is 3.75. The van der Waals surface area contributed by atoms with Crippen molar-refractivity contribution in [3.8, 4) is 11.3 Å². The summed E-state index contributed by atoms with van der Waals surface area (Å²) < 4.78 is 0. The molecule has 0 fully saturated rings. The van der Waals surface area contributed by atoms with Crippen LogP contribution < -0.4 is 5.73 Å². The third-order valence-corrected chi connectivity index (χ3v) is 4.62. The topological polar surface area (TPSA) is 51.8 Å². The molecule has 1 unspecified atom stereocenters. The molecule has 3 aromatic rings. The average Bonchev–Trinajstić information content (AvgIpc) is 2.96. The first kappa shape index (κ1) is 14.9. The number of nitrogens with two attached hydrogens (primary N) is 1. The maximum absolute atomic E-state index is 6.38. The minimum atomic E-state index is -0.0166. The lowest BCUT2D eigenvalue weighted by molar-refractivity contribution is 0.713. The van der Waals surface area contributed by atoms with Crippen LogP contribution in [0.5, 0.6) is 0 Å². The molecule has 22 heavy (non-hydrogen) atoms. The molecule has 2 N–H and O–H groups in total. The second-order valence-electron chi connectivity index (χ2n) is 5.53. The van der Waals surface area contributed by atoms with E-state index in [1.807, 2.05) is 12.1 Å². The van der Waals surface area contributed by atoms with Crippen molar-refractivity contribution in [2.24, 2.45) is 5.73 Å². The van der Waals surface area contributed by atoms with Crippen molar-refractivity contribution in [1.82, 2.24) is 9.97 Å². The Morgan fingerprint density at radius 2 is 1.91 bits per heavy atom. The first-order valence-electron chi connectivity index (χ1n) is 7.31. The number of rotatable bonds is 4. The van der Waals surface area contributed by atoms with Crippen LogP contribution in [0.15, 0.2) is 48.1 Å². The molecule has 0 aliphatic rings. The van der Waals surface area contributed by atoms with Gasteiger partial charge >= 0.3 is 0 Å². The van der Waals surface area contributed by atoms with Crippen molar-refractivity contribution in [2.75, 3.05) is 0 Å². The van der Waals surface area contributed by atoms with Gasteiger partial charge in [-0.2, -0.15) is 0 Å². The molecule has 0 saturated carbocycles. The third kappa shape index (κ3) is 3.24. The van der Waals surface area contributed by atoms with E-state index < -0.39 is 0 Å². The van der Waals surface area contributed by atoms with Crippen molar-refractivity contribution in [3.63, 3.8) is 0 Å². The number of aryl methyl sites for hydroxylation is 2. The molecule has 0 saturated heterocycles. The minimum Gasteiger partial charge on any atom is -0.324 e. The van der Waals surface area contributed by atoms with Crippen LogP contribution in [0.3, 0.4) is 0 Å². The van der Waals surface area contributed by atoms with Crippen LogP contribution in [0, 0.1) is 13.8 Å². The van der Waals surface area contributed by atoms with E-state index in [1.165, 1.54) is 16.7 Å². The fourth-order valence-corrected chi connectivity index (χ4v) is 3.46. The fraction of sp³-hybridized carbons (Fsp3) is 0.222. The molecule has 4 heteroatoms. The van der Waals surface area contributed by atoms with E-state index in [9.17, 15) is 0 Å². The van der Waals surface area contributed by atoms with E-state index in [0.29, 0.717) is 0 Å². The van der Waals surface area contributed by atoms with E-state index in [1.54, 1.807) is 23.7 Å². The van der Waals surface area contributed by atoms with Gasteiger partial charge in [-0.15, -0.1) is 11.3 Å². The second kappa shape index (κ2) is 6.38. The summed E-state index contributed by atoms with van der Waals surface area (Å²) in [5.74, 6) is 0. The summed E-state index contributed by atoms with van der Waals surface area (Å²) in [5, 5.41) is 3.15. The predicted octanol–water partition coefficient (Wildman–Crippen LogP) is 4.06. The van der Waals surface area contributed by atoms with Gasteiger partial charge in [-0.05, 0) is 37.1 Å². The Labute approximate surface area is 134 Å². The van der Waals surface area contributed by atoms with Gasteiger partial charge in [-0.3, -0.25) is 4.98 Å². The molecule has 0 bridgehead atoms. The molecule has 0 aliphatic carbocycles. The summed E-state index contributed by atoms with van der Waals surface area (Å²) in [7, 11) is 0. The molecule has 2 aromatic heterocycles. The van der Waals surface area contributed by atoms with Gasteiger partial charge in [0.05, 0.1) is 10.7 Å². The van der Waals surface area contributed by atoms with Gasteiger partial charge in [0.2, 0.25) is 0 Å². The zero-order valence-electron chi connectivity index (χ0n) is 12.8. The minimum absolute atomic E-state index is 0.0166. The highest BCUT2D eigenvalue weighted by Crippen LogP contribution is 2.25. The predicted molar refractivity (Wildman–Crippen MR) is 91.9 cm³/mol. The Hall–Kier alpha value is -2.04. The molecule has 1 aromatic carbocycles. The van der Waals surface area contributed by atoms with Gasteiger partial charge in [0.25, 0.3) is 0 Å². The summed E-state index contributed by atoms with van der Waals surface area (Å²) in [5.41, 5.74) is 12.2. The molecule has 2 heterocycles. The standard InChI is InChI=1S/C18H19N3S/c1-12-3-4-15(13(2)9-12)16(19)10-18-21-17(11-22-18)14-5-7-20-8-6-14/h3-9,11,16H,10,19H2,1-2H3. The maximum atomic E-state index is 6.38. The Morgan fingerprint density at radius 1 is 1.14 bits per heavy atom. The monoisotopic (exact) mass is 309 g/mol. The smallest absolute Gasteiger partial charge is 0.0951 e. The average molecular weight is 309 g/mol. The zero-order valence-corrected chi connectivity index (χ0v) is 13.6. The Bertz CT molecular complexity index is 765. The van der Waals surface area contributed by atoms with Crippen LogP contribution >= 0.6 is 11.3 Å². The van der Waals surface area contributed by atoms with Gasteiger partial charge < -0.3 is 5.73 Å². The van der Waals surface area contributed by atoms with Crippen LogP contribution in [0.4, 0.5) is 0 Å². The second-order valence-corrected chi connectivity index (χ2v) is 6.48. The van der Waals surface area contributed by atoms with E-state index in [4.69, 9.17) is 10.7 Å². The summed E-state index contributed by atoms with van der Waals surface area (Å²) in [6.07, 6.45) is 4.34. The molecule has 0 amide bonds. The number of nitrogens with zero attached hydrogens (tertiary/aromatic N) is 2. The Kier molecular flexibility index (Phi) is 4.32. The van der Waals surface area contributed by atoms with Crippen molar-refractivity contribution >= 4 is 11.3 Å². The number of benzene rings is 1. The van der Waals surface area contributed by atoms with Crippen molar-refractivity contribution < 1.29 is 0 Å². The lowest BCUT2D eigenvalue weighted by Crippen LogP contribution is -2.14. The van der Waals surface area contributed by atoms with Crippen LogP contribution in [-0.2, 0) is 6.42 Å². The van der Waals surface area contributed by atoms with Crippen LogP contribution in [0.2, 0.25) is 0 Å². The van der Waals surface area contributed by atoms with E-state index in [-0.39, 0.29) is 6.04 Å².